The first-order valence-corrected chi connectivity index (χ1v) is 6.32. The highest BCUT2D eigenvalue weighted by molar-refractivity contribution is 5.45. The zero-order valence-corrected chi connectivity index (χ0v) is 11.0. The van der Waals surface area contributed by atoms with Crippen molar-refractivity contribution in [2.75, 3.05) is 13.7 Å². The molecule has 0 aliphatic carbocycles. The Balaban J connectivity index is 1.73. The Kier molecular flexibility index (Phi) is 4.80. The van der Waals surface area contributed by atoms with Crippen molar-refractivity contribution in [3.63, 3.8) is 0 Å². The van der Waals surface area contributed by atoms with Crippen LogP contribution in [0.5, 0.6) is 11.5 Å². The molecule has 2 N–H and O–H groups in total. The highest BCUT2D eigenvalue weighted by atomic mass is 16.5. The van der Waals surface area contributed by atoms with Crippen molar-refractivity contribution in [1.82, 2.24) is 14.9 Å². The summed E-state index contributed by atoms with van der Waals surface area (Å²) in [5.41, 5.74) is 0.849. The second-order valence-corrected chi connectivity index (χ2v) is 4.30. The maximum Gasteiger partial charge on any atom is 0.162 e. The lowest BCUT2D eigenvalue weighted by atomic mass is 10.2. The Morgan fingerprint density at radius 3 is 3.05 bits per heavy atom. The van der Waals surface area contributed by atoms with E-state index < -0.39 is 0 Å². The molecule has 1 aromatic carbocycles. The van der Waals surface area contributed by atoms with E-state index >= 15 is 0 Å². The fourth-order valence-electron chi connectivity index (χ4n) is 1.90. The third-order valence-corrected chi connectivity index (χ3v) is 2.95. The standard InChI is InChI=1S/C14H19N3O2/c1-19-13-5-2-4-12(14(13)18)10-15-6-3-8-17-9-7-16-11-17/h2,4-5,7,9,11,15,18H,3,6,8,10H2,1H3. The number of aromatic nitrogens is 2. The minimum Gasteiger partial charge on any atom is -0.504 e. The SMILES string of the molecule is COc1cccc(CNCCCn2ccnc2)c1O. The summed E-state index contributed by atoms with van der Waals surface area (Å²) in [4.78, 5) is 3.99. The molecule has 5 heteroatoms. The number of nitrogens with one attached hydrogen (secondary N) is 1. The van der Waals surface area contributed by atoms with Crippen LogP contribution < -0.4 is 10.1 Å². The smallest absolute Gasteiger partial charge is 0.162 e. The second-order valence-electron chi connectivity index (χ2n) is 4.30. The van der Waals surface area contributed by atoms with Gasteiger partial charge in [0.2, 0.25) is 0 Å². The zero-order valence-electron chi connectivity index (χ0n) is 11.0. The molecule has 1 aromatic heterocycles. The van der Waals surface area contributed by atoms with Crippen LogP contribution in [0.4, 0.5) is 0 Å². The molecule has 0 radical (unpaired) electrons. The molecule has 2 aromatic rings. The number of rotatable bonds is 7. The monoisotopic (exact) mass is 261 g/mol. The molecule has 0 amide bonds. The highest BCUT2D eigenvalue weighted by Gasteiger charge is 2.06. The molecule has 0 atom stereocenters. The summed E-state index contributed by atoms with van der Waals surface area (Å²) < 4.78 is 7.12. The predicted molar refractivity (Wildman–Crippen MR) is 73.2 cm³/mol. The largest absolute Gasteiger partial charge is 0.504 e. The molecule has 0 saturated carbocycles. The summed E-state index contributed by atoms with van der Waals surface area (Å²) in [5.74, 6) is 0.727. The highest BCUT2D eigenvalue weighted by Crippen LogP contribution is 2.28. The Hall–Kier alpha value is -2.01. The number of ether oxygens (including phenoxy) is 1. The molecule has 0 fully saturated rings. The van der Waals surface area contributed by atoms with Gasteiger partial charge >= 0.3 is 0 Å². The third-order valence-electron chi connectivity index (χ3n) is 2.95. The first-order chi connectivity index (χ1) is 9.31. The van der Waals surface area contributed by atoms with Crippen LogP contribution in [0.15, 0.2) is 36.9 Å². The van der Waals surface area contributed by atoms with Gasteiger partial charge in [-0.2, -0.15) is 0 Å². The average Bonchev–Trinajstić information content (AvgIpc) is 2.93. The first kappa shape index (κ1) is 13.4. The van der Waals surface area contributed by atoms with E-state index in [2.05, 4.69) is 10.3 Å². The van der Waals surface area contributed by atoms with Gasteiger partial charge in [0.25, 0.3) is 0 Å². The normalized spacial score (nSPS) is 10.6. The van der Waals surface area contributed by atoms with E-state index in [4.69, 9.17) is 4.74 Å². The number of nitrogens with zero attached hydrogens (tertiary/aromatic N) is 2. The van der Waals surface area contributed by atoms with Gasteiger partial charge in [0.05, 0.1) is 13.4 Å². The van der Waals surface area contributed by atoms with E-state index in [1.54, 1.807) is 19.4 Å². The van der Waals surface area contributed by atoms with Gasteiger partial charge in [-0.25, -0.2) is 4.98 Å². The molecule has 102 valence electrons. The van der Waals surface area contributed by atoms with Crippen molar-refractivity contribution >= 4 is 0 Å². The van der Waals surface area contributed by atoms with Crippen molar-refractivity contribution in [1.29, 1.82) is 0 Å². The summed E-state index contributed by atoms with van der Waals surface area (Å²) in [6.45, 7) is 2.46. The van der Waals surface area contributed by atoms with E-state index in [9.17, 15) is 5.11 Å². The van der Waals surface area contributed by atoms with Crippen molar-refractivity contribution in [2.45, 2.75) is 19.5 Å². The summed E-state index contributed by atoms with van der Waals surface area (Å²) in [5, 5.41) is 13.2. The number of aryl methyl sites for hydroxylation is 1. The molecule has 1 heterocycles. The number of phenols is 1. The Morgan fingerprint density at radius 2 is 2.32 bits per heavy atom. The molecule has 0 saturated heterocycles. The first-order valence-electron chi connectivity index (χ1n) is 6.32. The van der Waals surface area contributed by atoms with E-state index in [1.165, 1.54) is 0 Å². The third kappa shape index (κ3) is 3.72. The van der Waals surface area contributed by atoms with Crippen LogP contribution in [-0.2, 0) is 13.1 Å². The molecule has 0 aliphatic heterocycles. The van der Waals surface area contributed by atoms with E-state index in [-0.39, 0.29) is 5.75 Å². The molecule has 0 aliphatic rings. The Bertz CT molecular complexity index is 497. The quantitative estimate of drug-likeness (QED) is 0.746. The van der Waals surface area contributed by atoms with Gasteiger partial charge in [0, 0.05) is 31.0 Å². The average molecular weight is 261 g/mol. The van der Waals surface area contributed by atoms with Gasteiger partial charge in [-0.3, -0.25) is 0 Å². The van der Waals surface area contributed by atoms with Gasteiger partial charge in [-0.05, 0) is 19.0 Å². The minimum atomic E-state index is 0.215. The van der Waals surface area contributed by atoms with Crippen molar-refractivity contribution < 1.29 is 9.84 Å². The van der Waals surface area contributed by atoms with Crippen molar-refractivity contribution in [2.24, 2.45) is 0 Å². The van der Waals surface area contributed by atoms with Crippen LogP contribution in [0.1, 0.15) is 12.0 Å². The summed E-state index contributed by atoms with van der Waals surface area (Å²) >= 11 is 0. The molecular weight excluding hydrogens is 242 g/mol. The fraction of sp³-hybridized carbons (Fsp3) is 0.357. The number of imidazole rings is 1. The van der Waals surface area contributed by atoms with Gasteiger partial charge in [-0.15, -0.1) is 0 Å². The van der Waals surface area contributed by atoms with Crippen LogP contribution in [0, 0.1) is 0 Å². The fourth-order valence-corrected chi connectivity index (χ4v) is 1.90. The van der Waals surface area contributed by atoms with Gasteiger partial charge in [0.15, 0.2) is 11.5 Å². The number of para-hydroxylation sites is 1. The van der Waals surface area contributed by atoms with E-state index in [0.717, 1.165) is 25.1 Å². The minimum absolute atomic E-state index is 0.215. The summed E-state index contributed by atoms with van der Waals surface area (Å²) in [6, 6.07) is 5.51. The summed E-state index contributed by atoms with van der Waals surface area (Å²) in [7, 11) is 1.55. The number of aromatic hydroxyl groups is 1. The topological polar surface area (TPSA) is 59.3 Å². The van der Waals surface area contributed by atoms with Crippen molar-refractivity contribution in [3.8, 4) is 11.5 Å². The molecule has 0 spiro atoms. The predicted octanol–water partition coefficient (Wildman–Crippen LogP) is 1.78. The van der Waals surface area contributed by atoms with E-state index in [0.29, 0.717) is 12.3 Å². The lowest BCUT2D eigenvalue weighted by Crippen LogP contribution is -2.16. The Morgan fingerprint density at radius 1 is 1.42 bits per heavy atom. The number of hydrogen-bond acceptors (Lipinski definition) is 4. The summed E-state index contributed by atoms with van der Waals surface area (Å²) in [6.07, 6.45) is 6.56. The van der Waals surface area contributed by atoms with Crippen LogP contribution in [0.25, 0.3) is 0 Å². The number of hydrogen-bond donors (Lipinski definition) is 2. The van der Waals surface area contributed by atoms with Gasteiger partial charge in [-0.1, -0.05) is 12.1 Å². The van der Waals surface area contributed by atoms with Crippen LogP contribution >= 0.6 is 0 Å². The Labute approximate surface area is 112 Å². The zero-order chi connectivity index (χ0) is 13.5. The molecule has 5 nitrogen and oxygen atoms in total. The molecule has 0 bridgehead atoms. The second kappa shape index (κ2) is 6.80. The number of phenolic OH excluding ortho intramolecular Hbond substituents is 1. The van der Waals surface area contributed by atoms with Crippen LogP contribution in [0.3, 0.4) is 0 Å². The van der Waals surface area contributed by atoms with Gasteiger partial charge in [0.1, 0.15) is 0 Å². The van der Waals surface area contributed by atoms with Gasteiger partial charge < -0.3 is 19.7 Å². The van der Waals surface area contributed by atoms with Crippen molar-refractivity contribution in [3.05, 3.63) is 42.5 Å². The number of benzene rings is 1. The lowest BCUT2D eigenvalue weighted by Gasteiger charge is -2.10. The molecule has 0 unspecified atom stereocenters. The number of methoxy groups -OCH3 is 1. The van der Waals surface area contributed by atoms with Crippen LogP contribution in [-0.4, -0.2) is 28.3 Å². The molecular formula is C14H19N3O2. The lowest BCUT2D eigenvalue weighted by molar-refractivity contribution is 0.369. The molecule has 2 rings (SSSR count). The maximum atomic E-state index is 9.92. The maximum absolute atomic E-state index is 9.92. The van der Waals surface area contributed by atoms with Crippen LogP contribution in [0.2, 0.25) is 0 Å². The molecule has 19 heavy (non-hydrogen) atoms. The van der Waals surface area contributed by atoms with E-state index in [1.807, 2.05) is 29.2 Å².